The number of carbonyl (C=O) groups excluding carboxylic acids is 1. The highest BCUT2D eigenvalue weighted by Gasteiger charge is 2.16. The van der Waals surface area contributed by atoms with Crippen LogP contribution >= 0.6 is 0 Å². The van der Waals surface area contributed by atoms with Crippen LogP contribution < -0.4 is 14.2 Å². The van der Waals surface area contributed by atoms with Crippen molar-refractivity contribution < 1.29 is 19.0 Å². The highest BCUT2D eigenvalue weighted by atomic mass is 16.6. The highest BCUT2D eigenvalue weighted by Crippen LogP contribution is 2.31. The molecule has 1 amide bonds. The maximum Gasteiger partial charge on any atom is 0.260 e. The van der Waals surface area contributed by atoms with Crippen LogP contribution in [0.25, 0.3) is 0 Å². The topological polar surface area (TPSA) is 71.8 Å². The van der Waals surface area contributed by atoms with Crippen molar-refractivity contribution in [2.45, 2.75) is 13.5 Å². The number of benzene rings is 2. The minimum absolute atomic E-state index is 0.0513. The average Bonchev–Trinajstić information content (AvgIpc) is 2.70. The molecule has 2 aromatic rings. The quantitative estimate of drug-likeness (QED) is 0.799. The number of nitriles is 1. The summed E-state index contributed by atoms with van der Waals surface area (Å²) in [6.07, 6.45) is 0. The van der Waals surface area contributed by atoms with Crippen LogP contribution in [0.5, 0.6) is 17.2 Å². The third-order valence-corrected chi connectivity index (χ3v) is 4.06. The molecule has 0 saturated heterocycles. The molecule has 1 aliphatic rings. The van der Waals surface area contributed by atoms with E-state index < -0.39 is 0 Å². The van der Waals surface area contributed by atoms with E-state index in [1.165, 1.54) is 0 Å². The second-order valence-corrected chi connectivity index (χ2v) is 5.81. The summed E-state index contributed by atoms with van der Waals surface area (Å²) in [6.45, 7) is 4.01. The van der Waals surface area contributed by atoms with Crippen LogP contribution in [0.1, 0.15) is 18.1 Å². The molecule has 0 radical (unpaired) electrons. The van der Waals surface area contributed by atoms with Crippen LogP contribution in [-0.4, -0.2) is 37.2 Å². The summed E-state index contributed by atoms with van der Waals surface area (Å²) < 4.78 is 16.6. The molecule has 6 heteroatoms. The number of hydrogen-bond donors (Lipinski definition) is 0. The zero-order chi connectivity index (χ0) is 18.4. The van der Waals surface area contributed by atoms with Crippen LogP contribution in [0, 0.1) is 11.3 Å². The zero-order valence-electron chi connectivity index (χ0n) is 14.6. The van der Waals surface area contributed by atoms with E-state index >= 15 is 0 Å². The Morgan fingerprint density at radius 1 is 1.15 bits per heavy atom. The van der Waals surface area contributed by atoms with Gasteiger partial charge in [0, 0.05) is 13.1 Å². The number of hydrogen-bond acceptors (Lipinski definition) is 5. The summed E-state index contributed by atoms with van der Waals surface area (Å²) in [7, 11) is 0. The molecule has 0 unspecified atom stereocenters. The fraction of sp³-hybridized carbons (Fsp3) is 0.300. The normalized spacial score (nSPS) is 12.2. The molecular formula is C20H20N2O4. The number of fused-ring (bicyclic) bond motifs is 1. The predicted molar refractivity (Wildman–Crippen MR) is 95.2 cm³/mol. The standard InChI is InChI=1S/C20H20N2O4/c1-2-22(13-16-5-8-18-19(11-16)25-10-9-24-18)20(23)14-26-17-6-3-15(12-21)4-7-17/h3-8,11H,2,9-10,13-14H2,1H3. The first-order valence-electron chi connectivity index (χ1n) is 8.49. The summed E-state index contributed by atoms with van der Waals surface area (Å²) in [5.74, 6) is 1.91. The van der Waals surface area contributed by atoms with Crippen molar-refractivity contribution in [3.05, 3.63) is 53.6 Å². The summed E-state index contributed by atoms with van der Waals surface area (Å²) >= 11 is 0. The molecule has 0 fully saturated rings. The van der Waals surface area contributed by atoms with E-state index in [0.717, 1.165) is 11.3 Å². The van der Waals surface area contributed by atoms with Crippen molar-refractivity contribution in [2.24, 2.45) is 0 Å². The number of likely N-dealkylation sites (N-methyl/N-ethyl adjacent to an activating group) is 1. The molecule has 3 rings (SSSR count). The Morgan fingerprint density at radius 3 is 2.58 bits per heavy atom. The zero-order valence-corrected chi connectivity index (χ0v) is 14.6. The number of nitrogens with zero attached hydrogens (tertiary/aromatic N) is 2. The van der Waals surface area contributed by atoms with E-state index in [9.17, 15) is 4.79 Å². The third-order valence-electron chi connectivity index (χ3n) is 4.06. The Morgan fingerprint density at radius 2 is 1.88 bits per heavy atom. The SMILES string of the molecule is CCN(Cc1ccc2c(c1)OCCO2)C(=O)COc1ccc(C#N)cc1. The van der Waals surface area contributed by atoms with Gasteiger partial charge in [0.1, 0.15) is 19.0 Å². The Labute approximate surface area is 152 Å². The Hall–Kier alpha value is -3.20. The number of amides is 1. The van der Waals surface area contributed by atoms with Crippen LogP contribution in [0.4, 0.5) is 0 Å². The van der Waals surface area contributed by atoms with Gasteiger partial charge >= 0.3 is 0 Å². The molecular weight excluding hydrogens is 332 g/mol. The van der Waals surface area contributed by atoms with Crippen LogP contribution in [0.15, 0.2) is 42.5 Å². The van der Waals surface area contributed by atoms with Crippen molar-refractivity contribution in [2.75, 3.05) is 26.4 Å². The van der Waals surface area contributed by atoms with E-state index in [1.54, 1.807) is 29.2 Å². The van der Waals surface area contributed by atoms with Crippen LogP contribution in [-0.2, 0) is 11.3 Å². The van der Waals surface area contributed by atoms with Crippen LogP contribution in [0.2, 0.25) is 0 Å². The molecule has 0 spiro atoms. The van der Waals surface area contributed by atoms with Gasteiger partial charge < -0.3 is 19.1 Å². The lowest BCUT2D eigenvalue weighted by molar-refractivity contribution is -0.133. The predicted octanol–water partition coefficient (Wildman–Crippen LogP) is 2.76. The summed E-state index contributed by atoms with van der Waals surface area (Å²) in [5.41, 5.74) is 1.53. The van der Waals surface area contributed by atoms with Gasteiger partial charge in [0.15, 0.2) is 18.1 Å². The average molecular weight is 352 g/mol. The minimum atomic E-state index is -0.105. The first-order chi connectivity index (χ1) is 12.7. The van der Waals surface area contributed by atoms with E-state index in [2.05, 4.69) is 0 Å². The van der Waals surface area contributed by atoms with Gasteiger partial charge in [-0.3, -0.25) is 4.79 Å². The first kappa shape index (κ1) is 17.6. The van der Waals surface area contributed by atoms with E-state index in [0.29, 0.717) is 43.4 Å². The molecule has 1 aliphatic heterocycles. The molecule has 0 N–H and O–H groups in total. The molecule has 6 nitrogen and oxygen atoms in total. The maximum atomic E-state index is 12.5. The van der Waals surface area contributed by atoms with Gasteiger partial charge in [-0.1, -0.05) is 6.07 Å². The molecule has 0 aliphatic carbocycles. The molecule has 1 heterocycles. The van der Waals surface area contributed by atoms with Gasteiger partial charge in [-0.15, -0.1) is 0 Å². The Bertz CT molecular complexity index is 812. The van der Waals surface area contributed by atoms with E-state index in [1.807, 2.05) is 31.2 Å². The van der Waals surface area contributed by atoms with Gasteiger partial charge in [-0.25, -0.2) is 0 Å². The molecule has 2 aromatic carbocycles. The lowest BCUT2D eigenvalue weighted by Crippen LogP contribution is -2.34. The fourth-order valence-electron chi connectivity index (χ4n) is 2.64. The number of rotatable bonds is 6. The van der Waals surface area contributed by atoms with Gasteiger partial charge in [-0.2, -0.15) is 5.26 Å². The number of carbonyl (C=O) groups is 1. The molecule has 0 aromatic heterocycles. The first-order valence-corrected chi connectivity index (χ1v) is 8.49. The summed E-state index contributed by atoms with van der Waals surface area (Å²) in [5, 5.41) is 8.80. The van der Waals surface area contributed by atoms with Gasteiger partial charge in [0.05, 0.1) is 11.6 Å². The minimum Gasteiger partial charge on any atom is -0.486 e. The van der Waals surface area contributed by atoms with Crippen LogP contribution in [0.3, 0.4) is 0 Å². The summed E-state index contributed by atoms with van der Waals surface area (Å²) in [6, 6.07) is 14.4. The van der Waals surface area contributed by atoms with E-state index in [-0.39, 0.29) is 12.5 Å². The van der Waals surface area contributed by atoms with Gasteiger partial charge in [-0.05, 0) is 48.9 Å². The number of ether oxygens (including phenoxy) is 3. The van der Waals surface area contributed by atoms with E-state index in [4.69, 9.17) is 19.5 Å². The fourth-order valence-corrected chi connectivity index (χ4v) is 2.64. The largest absolute Gasteiger partial charge is 0.486 e. The van der Waals surface area contributed by atoms with Gasteiger partial charge in [0.25, 0.3) is 5.91 Å². The second-order valence-electron chi connectivity index (χ2n) is 5.81. The Balaban J connectivity index is 1.59. The molecule has 0 bridgehead atoms. The molecule has 26 heavy (non-hydrogen) atoms. The van der Waals surface area contributed by atoms with Crippen molar-refractivity contribution in [1.82, 2.24) is 4.90 Å². The molecule has 0 saturated carbocycles. The van der Waals surface area contributed by atoms with Crippen molar-refractivity contribution in [3.63, 3.8) is 0 Å². The monoisotopic (exact) mass is 352 g/mol. The molecule has 0 atom stereocenters. The maximum absolute atomic E-state index is 12.5. The highest BCUT2D eigenvalue weighted by molar-refractivity contribution is 5.77. The van der Waals surface area contributed by atoms with Crippen molar-refractivity contribution >= 4 is 5.91 Å². The second kappa shape index (κ2) is 8.26. The lowest BCUT2D eigenvalue weighted by Gasteiger charge is -2.23. The third kappa shape index (κ3) is 4.25. The lowest BCUT2D eigenvalue weighted by atomic mass is 10.1. The van der Waals surface area contributed by atoms with Crippen molar-refractivity contribution in [3.8, 4) is 23.3 Å². The summed E-state index contributed by atoms with van der Waals surface area (Å²) in [4.78, 5) is 14.2. The van der Waals surface area contributed by atoms with Gasteiger partial charge in [0.2, 0.25) is 0 Å². The smallest absolute Gasteiger partial charge is 0.260 e. The van der Waals surface area contributed by atoms with Crippen molar-refractivity contribution in [1.29, 1.82) is 5.26 Å². The molecule has 134 valence electrons. The Kier molecular flexibility index (Phi) is 5.59.